The SMILES string of the molecule is COc1ccc(-c2sc(-c3ccccc3N)nc2C)cc1. The first kappa shape index (κ1) is 13.6. The molecule has 0 unspecified atom stereocenters. The second kappa shape index (κ2) is 5.58. The average molecular weight is 296 g/mol. The van der Waals surface area contributed by atoms with E-state index in [2.05, 4.69) is 17.1 Å². The van der Waals surface area contributed by atoms with Crippen molar-refractivity contribution in [2.75, 3.05) is 12.8 Å². The summed E-state index contributed by atoms with van der Waals surface area (Å²) in [7, 11) is 1.67. The lowest BCUT2D eigenvalue weighted by Gasteiger charge is -2.02. The number of nitrogen functional groups attached to an aromatic ring is 1. The van der Waals surface area contributed by atoms with Gasteiger partial charge in [-0.05, 0) is 48.9 Å². The molecule has 0 amide bonds. The summed E-state index contributed by atoms with van der Waals surface area (Å²) < 4.78 is 5.20. The molecule has 21 heavy (non-hydrogen) atoms. The predicted molar refractivity (Wildman–Crippen MR) is 88.7 cm³/mol. The number of nitrogens with zero attached hydrogens (tertiary/aromatic N) is 1. The molecule has 0 bridgehead atoms. The average Bonchev–Trinajstić information content (AvgIpc) is 2.89. The van der Waals surface area contributed by atoms with Crippen molar-refractivity contribution in [1.29, 1.82) is 0 Å². The first-order valence-electron chi connectivity index (χ1n) is 6.66. The van der Waals surface area contributed by atoms with Crippen LogP contribution in [0.1, 0.15) is 5.69 Å². The zero-order valence-electron chi connectivity index (χ0n) is 12.0. The van der Waals surface area contributed by atoms with Crippen LogP contribution < -0.4 is 10.5 Å². The molecule has 2 aromatic carbocycles. The minimum atomic E-state index is 0.757. The van der Waals surface area contributed by atoms with Crippen molar-refractivity contribution in [3.05, 3.63) is 54.2 Å². The van der Waals surface area contributed by atoms with Crippen LogP contribution in [0.4, 0.5) is 5.69 Å². The summed E-state index contributed by atoms with van der Waals surface area (Å²) in [6.07, 6.45) is 0. The Hall–Kier alpha value is -2.33. The van der Waals surface area contributed by atoms with Gasteiger partial charge < -0.3 is 10.5 Å². The first-order chi connectivity index (χ1) is 10.2. The summed E-state index contributed by atoms with van der Waals surface area (Å²) in [5.41, 5.74) is 9.95. The number of methoxy groups -OCH3 is 1. The Balaban J connectivity index is 2.03. The molecule has 0 saturated heterocycles. The van der Waals surface area contributed by atoms with E-state index < -0.39 is 0 Å². The molecule has 4 heteroatoms. The molecule has 0 saturated carbocycles. The maximum absolute atomic E-state index is 6.04. The normalized spacial score (nSPS) is 10.6. The highest BCUT2D eigenvalue weighted by Gasteiger charge is 2.12. The third-order valence-corrected chi connectivity index (χ3v) is 4.58. The van der Waals surface area contributed by atoms with Crippen LogP contribution in [0, 0.1) is 6.92 Å². The molecule has 0 aliphatic rings. The van der Waals surface area contributed by atoms with E-state index in [1.165, 1.54) is 0 Å². The van der Waals surface area contributed by atoms with Gasteiger partial charge in [-0.1, -0.05) is 12.1 Å². The number of aromatic nitrogens is 1. The van der Waals surface area contributed by atoms with Crippen LogP contribution in [0.15, 0.2) is 48.5 Å². The lowest BCUT2D eigenvalue weighted by atomic mass is 10.1. The van der Waals surface area contributed by atoms with Gasteiger partial charge in [-0.2, -0.15) is 0 Å². The predicted octanol–water partition coefficient (Wildman–Crippen LogP) is 4.38. The number of anilines is 1. The monoisotopic (exact) mass is 296 g/mol. The van der Waals surface area contributed by atoms with E-state index in [0.29, 0.717) is 0 Å². The molecular weight excluding hydrogens is 280 g/mol. The number of thiazole rings is 1. The van der Waals surface area contributed by atoms with E-state index in [0.717, 1.165) is 38.1 Å². The maximum atomic E-state index is 6.04. The summed E-state index contributed by atoms with van der Waals surface area (Å²) in [6, 6.07) is 15.9. The van der Waals surface area contributed by atoms with Crippen LogP contribution in [-0.4, -0.2) is 12.1 Å². The Morgan fingerprint density at radius 1 is 1.05 bits per heavy atom. The lowest BCUT2D eigenvalue weighted by molar-refractivity contribution is 0.415. The van der Waals surface area contributed by atoms with Gasteiger partial charge in [0, 0.05) is 11.3 Å². The molecule has 1 aromatic heterocycles. The molecule has 3 nitrogen and oxygen atoms in total. The number of para-hydroxylation sites is 1. The van der Waals surface area contributed by atoms with E-state index in [1.54, 1.807) is 18.4 Å². The highest BCUT2D eigenvalue weighted by atomic mass is 32.1. The first-order valence-corrected chi connectivity index (χ1v) is 7.47. The molecule has 0 atom stereocenters. The Labute approximate surface area is 128 Å². The fourth-order valence-electron chi connectivity index (χ4n) is 2.21. The minimum Gasteiger partial charge on any atom is -0.497 e. The van der Waals surface area contributed by atoms with Crippen molar-refractivity contribution in [2.24, 2.45) is 0 Å². The number of hydrogen-bond donors (Lipinski definition) is 1. The van der Waals surface area contributed by atoms with Gasteiger partial charge in [-0.25, -0.2) is 4.98 Å². The van der Waals surface area contributed by atoms with Crippen LogP contribution in [0.2, 0.25) is 0 Å². The quantitative estimate of drug-likeness (QED) is 0.730. The molecule has 0 aliphatic heterocycles. The smallest absolute Gasteiger partial charge is 0.126 e. The minimum absolute atomic E-state index is 0.757. The van der Waals surface area contributed by atoms with Gasteiger partial charge in [0.2, 0.25) is 0 Å². The van der Waals surface area contributed by atoms with Gasteiger partial charge in [-0.15, -0.1) is 11.3 Å². The summed E-state index contributed by atoms with van der Waals surface area (Å²) in [4.78, 5) is 5.83. The van der Waals surface area contributed by atoms with E-state index in [9.17, 15) is 0 Å². The van der Waals surface area contributed by atoms with Crippen LogP contribution >= 0.6 is 11.3 Å². The summed E-state index contributed by atoms with van der Waals surface area (Å²) in [5, 5.41) is 0.955. The molecule has 106 valence electrons. The van der Waals surface area contributed by atoms with Crippen molar-refractivity contribution >= 4 is 17.0 Å². The van der Waals surface area contributed by atoms with Gasteiger partial charge in [-0.3, -0.25) is 0 Å². The number of hydrogen-bond acceptors (Lipinski definition) is 4. The van der Waals surface area contributed by atoms with Crippen molar-refractivity contribution in [3.63, 3.8) is 0 Å². The second-order valence-corrected chi connectivity index (χ2v) is 5.75. The maximum Gasteiger partial charge on any atom is 0.126 e. The number of nitrogens with two attached hydrogens (primary N) is 1. The van der Waals surface area contributed by atoms with E-state index in [4.69, 9.17) is 10.5 Å². The third kappa shape index (κ3) is 2.62. The summed E-state index contributed by atoms with van der Waals surface area (Å²) >= 11 is 1.66. The zero-order chi connectivity index (χ0) is 14.8. The molecule has 0 radical (unpaired) electrons. The largest absolute Gasteiger partial charge is 0.497 e. The van der Waals surface area contributed by atoms with Crippen molar-refractivity contribution in [2.45, 2.75) is 6.92 Å². The van der Waals surface area contributed by atoms with Crippen LogP contribution in [-0.2, 0) is 0 Å². The topological polar surface area (TPSA) is 48.1 Å². The molecule has 0 fully saturated rings. The Bertz CT molecular complexity index is 763. The van der Waals surface area contributed by atoms with E-state index >= 15 is 0 Å². The fraction of sp³-hybridized carbons (Fsp3) is 0.118. The van der Waals surface area contributed by atoms with Crippen LogP contribution in [0.25, 0.3) is 21.0 Å². The van der Waals surface area contributed by atoms with Crippen molar-refractivity contribution < 1.29 is 4.74 Å². The number of benzene rings is 2. The van der Waals surface area contributed by atoms with Gasteiger partial charge in [0.1, 0.15) is 10.8 Å². The molecule has 2 N–H and O–H groups in total. The Kier molecular flexibility index (Phi) is 3.62. The highest BCUT2D eigenvalue weighted by molar-refractivity contribution is 7.18. The molecule has 3 rings (SSSR count). The summed E-state index contributed by atoms with van der Waals surface area (Å²) in [5.74, 6) is 0.855. The van der Waals surface area contributed by atoms with E-state index in [1.807, 2.05) is 43.3 Å². The molecule has 0 aliphatic carbocycles. The van der Waals surface area contributed by atoms with Crippen molar-refractivity contribution in [3.8, 4) is 26.8 Å². The standard InChI is InChI=1S/C17H16N2OS/c1-11-16(12-7-9-13(20-2)10-8-12)21-17(19-11)14-5-3-4-6-15(14)18/h3-10H,18H2,1-2H3. The van der Waals surface area contributed by atoms with E-state index in [-0.39, 0.29) is 0 Å². The molecule has 0 spiro atoms. The zero-order valence-corrected chi connectivity index (χ0v) is 12.8. The van der Waals surface area contributed by atoms with Crippen LogP contribution in [0.3, 0.4) is 0 Å². The van der Waals surface area contributed by atoms with Crippen LogP contribution in [0.5, 0.6) is 5.75 Å². The van der Waals surface area contributed by atoms with Gasteiger partial charge in [0.25, 0.3) is 0 Å². The summed E-state index contributed by atoms with van der Waals surface area (Å²) in [6.45, 7) is 2.03. The van der Waals surface area contributed by atoms with Crippen molar-refractivity contribution in [1.82, 2.24) is 4.98 Å². The highest BCUT2D eigenvalue weighted by Crippen LogP contribution is 2.37. The third-order valence-electron chi connectivity index (χ3n) is 3.34. The number of rotatable bonds is 3. The van der Waals surface area contributed by atoms with Gasteiger partial charge in [0.15, 0.2) is 0 Å². The van der Waals surface area contributed by atoms with Gasteiger partial charge >= 0.3 is 0 Å². The molecule has 3 aromatic rings. The number of ether oxygens (including phenoxy) is 1. The molecular formula is C17H16N2OS. The van der Waals surface area contributed by atoms with Gasteiger partial charge in [0.05, 0.1) is 17.7 Å². The number of aryl methyl sites for hydroxylation is 1. The Morgan fingerprint density at radius 2 is 1.76 bits per heavy atom. The second-order valence-electron chi connectivity index (χ2n) is 4.75. The lowest BCUT2D eigenvalue weighted by Crippen LogP contribution is -1.88. The molecule has 1 heterocycles. The fourth-order valence-corrected chi connectivity index (χ4v) is 3.33. The Morgan fingerprint density at radius 3 is 2.43 bits per heavy atom.